The van der Waals surface area contributed by atoms with Gasteiger partial charge in [0.15, 0.2) is 11.6 Å². The molecule has 2 amide bonds. The molecule has 0 fully saturated rings. The number of halogens is 3. The number of carbonyl (C=O) groups is 1. The Bertz CT molecular complexity index is 955. The SMILES string of the molecule is O=C(Nc1cnc(Oc2ccccc2F)nc1)Nc1cccc(OC(F)F)c1. The molecule has 0 saturated heterocycles. The third-order valence-electron chi connectivity index (χ3n) is 3.24. The number of para-hydroxylation sites is 1. The van der Waals surface area contributed by atoms with Crippen molar-refractivity contribution in [2.24, 2.45) is 0 Å². The first-order chi connectivity index (χ1) is 13.5. The standard InChI is InChI=1S/C18H13F3N4O3/c19-14-6-1-2-7-15(14)28-18-22-9-12(10-23-18)25-17(26)24-11-4-3-5-13(8-11)27-16(20)21/h1-10,16H,(H2,24,25,26). The summed E-state index contributed by atoms with van der Waals surface area (Å²) in [7, 11) is 0. The molecule has 3 aromatic rings. The van der Waals surface area contributed by atoms with Gasteiger partial charge < -0.3 is 20.1 Å². The third-order valence-corrected chi connectivity index (χ3v) is 3.24. The fourth-order valence-electron chi connectivity index (χ4n) is 2.10. The van der Waals surface area contributed by atoms with Crippen LogP contribution in [0.4, 0.5) is 29.3 Å². The smallest absolute Gasteiger partial charge is 0.387 e. The Morgan fingerprint density at radius 3 is 2.39 bits per heavy atom. The lowest BCUT2D eigenvalue weighted by atomic mass is 10.3. The normalized spacial score (nSPS) is 10.4. The number of benzene rings is 2. The van der Waals surface area contributed by atoms with Crippen LogP contribution in [0.1, 0.15) is 0 Å². The number of anilines is 2. The first-order valence-electron chi connectivity index (χ1n) is 7.87. The molecule has 0 radical (unpaired) electrons. The first-order valence-corrected chi connectivity index (χ1v) is 7.87. The second-order valence-corrected chi connectivity index (χ2v) is 5.27. The van der Waals surface area contributed by atoms with Crippen LogP contribution in [0.3, 0.4) is 0 Å². The summed E-state index contributed by atoms with van der Waals surface area (Å²) in [5.74, 6) is -0.691. The highest BCUT2D eigenvalue weighted by Gasteiger charge is 2.09. The summed E-state index contributed by atoms with van der Waals surface area (Å²) in [5, 5.41) is 4.91. The molecule has 10 heteroatoms. The van der Waals surface area contributed by atoms with Gasteiger partial charge in [0.25, 0.3) is 0 Å². The summed E-state index contributed by atoms with van der Waals surface area (Å²) >= 11 is 0. The Morgan fingerprint density at radius 1 is 0.964 bits per heavy atom. The molecule has 0 unspecified atom stereocenters. The van der Waals surface area contributed by atoms with Crippen molar-refractivity contribution in [1.29, 1.82) is 0 Å². The van der Waals surface area contributed by atoms with Gasteiger partial charge in [-0.1, -0.05) is 18.2 Å². The molecular weight excluding hydrogens is 377 g/mol. The average molecular weight is 390 g/mol. The lowest BCUT2D eigenvalue weighted by Crippen LogP contribution is -2.19. The molecule has 0 aliphatic heterocycles. The lowest BCUT2D eigenvalue weighted by Gasteiger charge is -2.10. The molecule has 0 aliphatic rings. The number of aromatic nitrogens is 2. The largest absolute Gasteiger partial charge is 0.435 e. The van der Waals surface area contributed by atoms with E-state index in [0.29, 0.717) is 0 Å². The molecule has 7 nitrogen and oxygen atoms in total. The van der Waals surface area contributed by atoms with E-state index in [1.807, 2.05) is 0 Å². The number of amides is 2. The van der Waals surface area contributed by atoms with E-state index in [1.54, 1.807) is 6.07 Å². The molecule has 144 valence electrons. The van der Waals surface area contributed by atoms with E-state index in [-0.39, 0.29) is 28.9 Å². The zero-order chi connectivity index (χ0) is 19.9. The topological polar surface area (TPSA) is 85.4 Å². The number of hydrogen-bond donors (Lipinski definition) is 2. The van der Waals surface area contributed by atoms with Gasteiger partial charge in [-0.05, 0) is 24.3 Å². The van der Waals surface area contributed by atoms with Crippen molar-refractivity contribution in [3.8, 4) is 17.5 Å². The Morgan fingerprint density at radius 2 is 1.68 bits per heavy atom. The van der Waals surface area contributed by atoms with E-state index in [0.717, 1.165) is 0 Å². The first kappa shape index (κ1) is 19.0. The number of ether oxygens (including phenoxy) is 2. The van der Waals surface area contributed by atoms with Crippen LogP contribution in [0, 0.1) is 5.82 Å². The number of urea groups is 1. The van der Waals surface area contributed by atoms with Gasteiger partial charge in [-0.25, -0.2) is 19.2 Å². The van der Waals surface area contributed by atoms with Crippen LogP contribution >= 0.6 is 0 Å². The minimum absolute atomic E-state index is 0.0353. The minimum Gasteiger partial charge on any atom is -0.435 e. The Kier molecular flexibility index (Phi) is 5.90. The van der Waals surface area contributed by atoms with Crippen LogP contribution in [0.15, 0.2) is 60.9 Å². The second-order valence-electron chi connectivity index (χ2n) is 5.27. The zero-order valence-electron chi connectivity index (χ0n) is 14.1. The van der Waals surface area contributed by atoms with Gasteiger partial charge in [0.2, 0.25) is 0 Å². The Labute approximate surface area is 157 Å². The summed E-state index contributed by atoms with van der Waals surface area (Å²) in [6.07, 6.45) is 2.53. The molecule has 1 heterocycles. The molecule has 28 heavy (non-hydrogen) atoms. The van der Waals surface area contributed by atoms with E-state index in [1.165, 1.54) is 54.9 Å². The molecule has 0 bridgehead atoms. The van der Waals surface area contributed by atoms with Crippen molar-refractivity contribution in [2.75, 3.05) is 10.6 Å². The quantitative estimate of drug-likeness (QED) is 0.640. The summed E-state index contributed by atoms with van der Waals surface area (Å²) < 4.78 is 47.5. The van der Waals surface area contributed by atoms with E-state index in [2.05, 4.69) is 25.3 Å². The third kappa shape index (κ3) is 5.34. The second kappa shape index (κ2) is 8.71. The van der Waals surface area contributed by atoms with E-state index in [4.69, 9.17) is 4.74 Å². The molecule has 2 N–H and O–H groups in total. The average Bonchev–Trinajstić information content (AvgIpc) is 2.65. The van der Waals surface area contributed by atoms with Crippen LogP contribution in [0.2, 0.25) is 0 Å². The van der Waals surface area contributed by atoms with Crippen LogP contribution in [0.5, 0.6) is 17.5 Å². The molecule has 0 spiro atoms. The Balaban J connectivity index is 1.58. The lowest BCUT2D eigenvalue weighted by molar-refractivity contribution is -0.0498. The molecule has 1 aromatic heterocycles. The summed E-state index contributed by atoms with van der Waals surface area (Å²) in [5.41, 5.74) is 0.481. The maximum atomic E-state index is 13.5. The summed E-state index contributed by atoms with van der Waals surface area (Å²) in [6.45, 7) is -2.97. The number of nitrogens with one attached hydrogen (secondary N) is 2. The molecular formula is C18H13F3N4O3. The highest BCUT2D eigenvalue weighted by Crippen LogP contribution is 2.22. The van der Waals surface area contributed by atoms with Crippen LogP contribution in [0.25, 0.3) is 0 Å². The Hall–Kier alpha value is -3.82. The van der Waals surface area contributed by atoms with Crippen molar-refractivity contribution in [3.05, 3.63) is 66.7 Å². The van der Waals surface area contributed by atoms with Crippen molar-refractivity contribution >= 4 is 17.4 Å². The van der Waals surface area contributed by atoms with Crippen molar-refractivity contribution in [3.63, 3.8) is 0 Å². The number of rotatable bonds is 6. The number of alkyl halides is 2. The maximum absolute atomic E-state index is 13.5. The summed E-state index contributed by atoms with van der Waals surface area (Å²) in [4.78, 5) is 19.7. The molecule has 0 aliphatic carbocycles. The predicted octanol–water partition coefficient (Wildman–Crippen LogP) is 4.65. The predicted molar refractivity (Wildman–Crippen MR) is 94.2 cm³/mol. The monoisotopic (exact) mass is 390 g/mol. The van der Waals surface area contributed by atoms with Crippen molar-refractivity contribution in [1.82, 2.24) is 9.97 Å². The van der Waals surface area contributed by atoms with E-state index < -0.39 is 18.5 Å². The number of hydrogen-bond acceptors (Lipinski definition) is 5. The van der Waals surface area contributed by atoms with Crippen LogP contribution < -0.4 is 20.1 Å². The van der Waals surface area contributed by atoms with Gasteiger partial charge in [0.05, 0.1) is 18.1 Å². The zero-order valence-corrected chi connectivity index (χ0v) is 14.1. The maximum Gasteiger partial charge on any atom is 0.387 e. The van der Waals surface area contributed by atoms with Gasteiger partial charge in [-0.2, -0.15) is 8.78 Å². The van der Waals surface area contributed by atoms with Crippen molar-refractivity contribution < 1.29 is 27.4 Å². The van der Waals surface area contributed by atoms with E-state index >= 15 is 0 Å². The fraction of sp³-hybridized carbons (Fsp3) is 0.0556. The molecule has 0 atom stereocenters. The fourth-order valence-corrected chi connectivity index (χ4v) is 2.10. The van der Waals surface area contributed by atoms with Gasteiger partial charge >= 0.3 is 18.7 Å². The van der Waals surface area contributed by atoms with Gasteiger partial charge in [0.1, 0.15) is 5.75 Å². The van der Waals surface area contributed by atoms with E-state index in [9.17, 15) is 18.0 Å². The van der Waals surface area contributed by atoms with Gasteiger partial charge in [-0.3, -0.25) is 0 Å². The van der Waals surface area contributed by atoms with Gasteiger partial charge in [-0.15, -0.1) is 0 Å². The summed E-state index contributed by atoms with van der Waals surface area (Å²) in [6, 6.07) is 10.5. The van der Waals surface area contributed by atoms with Crippen LogP contribution in [-0.2, 0) is 0 Å². The molecule has 0 saturated carbocycles. The van der Waals surface area contributed by atoms with Crippen molar-refractivity contribution in [2.45, 2.75) is 6.61 Å². The van der Waals surface area contributed by atoms with Crippen LogP contribution in [-0.4, -0.2) is 22.6 Å². The minimum atomic E-state index is -2.97. The number of nitrogens with zero attached hydrogens (tertiary/aromatic N) is 2. The molecule has 3 rings (SSSR count). The highest BCUT2D eigenvalue weighted by atomic mass is 19.3. The van der Waals surface area contributed by atoms with Gasteiger partial charge in [0, 0.05) is 11.8 Å². The molecule has 2 aromatic carbocycles. The highest BCUT2D eigenvalue weighted by molar-refractivity contribution is 5.99. The number of carbonyl (C=O) groups excluding carboxylic acids is 1.